The molecule has 0 aromatic rings. The molecule has 0 N–H and O–H groups in total. The number of allylic oxidation sites excluding steroid dienone is 2. The number of hydrogen-bond acceptors (Lipinski definition) is 1. The lowest BCUT2D eigenvalue weighted by Crippen LogP contribution is -2.03. The monoisotopic (exact) mass is 194 g/mol. The molecule has 0 amide bonds. The normalized spacial score (nSPS) is 28.2. The number of carbonyl (C=O) groups excluding carboxylic acids is 1. The smallest absolute Gasteiger partial charge is 0.120 e. The molecule has 1 nitrogen and oxygen atoms in total. The van der Waals surface area contributed by atoms with Crippen molar-refractivity contribution in [3.05, 3.63) is 11.6 Å². The maximum atomic E-state index is 10.1. The van der Waals surface area contributed by atoms with Crippen LogP contribution in [0.25, 0.3) is 0 Å². The Hall–Kier alpha value is -0.590. The van der Waals surface area contributed by atoms with Crippen molar-refractivity contribution < 1.29 is 4.79 Å². The van der Waals surface area contributed by atoms with Crippen molar-refractivity contribution in [1.82, 2.24) is 0 Å². The van der Waals surface area contributed by atoms with Gasteiger partial charge in [-0.1, -0.05) is 32.4 Å². The molecule has 0 heterocycles. The zero-order valence-corrected chi connectivity index (χ0v) is 9.68. The Morgan fingerprint density at radius 2 is 2.14 bits per heavy atom. The van der Waals surface area contributed by atoms with Crippen LogP contribution in [0.2, 0.25) is 0 Å². The van der Waals surface area contributed by atoms with E-state index in [1.165, 1.54) is 12.8 Å². The van der Waals surface area contributed by atoms with Gasteiger partial charge in [-0.25, -0.2) is 0 Å². The first-order valence-corrected chi connectivity index (χ1v) is 5.68. The van der Waals surface area contributed by atoms with E-state index in [1.54, 1.807) is 5.57 Å². The van der Waals surface area contributed by atoms with Gasteiger partial charge in [0.05, 0.1) is 0 Å². The van der Waals surface area contributed by atoms with Gasteiger partial charge in [0, 0.05) is 6.42 Å². The van der Waals surface area contributed by atoms with Crippen LogP contribution in [0.1, 0.15) is 52.9 Å². The summed E-state index contributed by atoms with van der Waals surface area (Å²) < 4.78 is 0. The third kappa shape index (κ3) is 3.28. The number of rotatable bonds is 4. The molecule has 0 bridgehead atoms. The van der Waals surface area contributed by atoms with Crippen LogP contribution < -0.4 is 0 Å². The van der Waals surface area contributed by atoms with E-state index in [0.717, 1.165) is 25.0 Å². The van der Waals surface area contributed by atoms with E-state index in [-0.39, 0.29) is 0 Å². The van der Waals surface area contributed by atoms with E-state index in [1.807, 2.05) is 0 Å². The molecule has 80 valence electrons. The highest BCUT2D eigenvalue weighted by molar-refractivity contribution is 5.49. The molecule has 1 aliphatic rings. The number of carbonyl (C=O) groups is 1. The van der Waals surface area contributed by atoms with Crippen molar-refractivity contribution in [3.63, 3.8) is 0 Å². The lowest BCUT2D eigenvalue weighted by Gasteiger charge is -2.14. The van der Waals surface area contributed by atoms with E-state index in [2.05, 4.69) is 26.8 Å². The second kappa shape index (κ2) is 4.77. The molecule has 1 aliphatic carbocycles. The Morgan fingerprint density at radius 1 is 1.43 bits per heavy atom. The molecule has 1 unspecified atom stereocenters. The van der Waals surface area contributed by atoms with Gasteiger partial charge >= 0.3 is 0 Å². The van der Waals surface area contributed by atoms with E-state index in [9.17, 15) is 4.79 Å². The summed E-state index contributed by atoms with van der Waals surface area (Å²) >= 11 is 0. The van der Waals surface area contributed by atoms with Gasteiger partial charge in [-0.3, -0.25) is 0 Å². The van der Waals surface area contributed by atoms with E-state index >= 15 is 0 Å². The third-order valence-corrected chi connectivity index (χ3v) is 3.11. The maximum Gasteiger partial charge on any atom is 0.120 e. The summed E-state index contributed by atoms with van der Waals surface area (Å²) in [6.45, 7) is 7.01. The molecule has 1 saturated carbocycles. The molecule has 1 fully saturated rings. The van der Waals surface area contributed by atoms with Gasteiger partial charge in [-0.2, -0.15) is 0 Å². The van der Waals surface area contributed by atoms with Crippen LogP contribution >= 0.6 is 0 Å². The first-order chi connectivity index (χ1) is 6.55. The topological polar surface area (TPSA) is 17.1 Å². The maximum absolute atomic E-state index is 10.1. The molecule has 0 radical (unpaired) electrons. The molecule has 0 saturated heterocycles. The molecular weight excluding hydrogens is 172 g/mol. The predicted octanol–water partition coefficient (Wildman–Crippen LogP) is 3.74. The Bertz CT molecular complexity index is 225. The SMILES string of the molecule is CC1CC(C)(C)C/C1=C\CCCC=O. The van der Waals surface area contributed by atoms with Crippen molar-refractivity contribution in [1.29, 1.82) is 0 Å². The largest absolute Gasteiger partial charge is 0.303 e. The Labute approximate surface area is 87.6 Å². The first kappa shape index (κ1) is 11.5. The zero-order valence-electron chi connectivity index (χ0n) is 9.68. The summed E-state index contributed by atoms with van der Waals surface area (Å²) in [4.78, 5) is 10.1. The molecule has 1 atom stereocenters. The van der Waals surface area contributed by atoms with Gasteiger partial charge < -0.3 is 4.79 Å². The fourth-order valence-electron chi connectivity index (χ4n) is 2.52. The molecule has 0 aromatic heterocycles. The van der Waals surface area contributed by atoms with Crippen LogP contribution in [0.15, 0.2) is 11.6 Å². The lowest BCUT2D eigenvalue weighted by molar-refractivity contribution is -0.107. The molecule has 1 rings (SSSR count). The van der Waals surface area contributed by atoms with Crippen LogP contribution in [0.3, 0.4) is 0 Å². The van der Waals surface area contributed by atoms with E-state index in [4.69, 9.17) is 0 Å². The minimum Gasteiger partial charge on any atom is -0.303 e. The highest BCUT2D eigenvalue weighted by atomic mass is 16.1. The molecule has 0 aliphatic heterocycles. The van der Waals surface area contributed by atoms with Crippen LogP contribution in [0.5, 0.6) is 0 Å². The lowest BCUT2D eigenvalue weighted by atomic mass is 9.91. The van der Waals surface area contributed by atoms with Gasteiger partial charge in [0.1, 0.15) is 6.29 Å². The fourth-order valence-corrected chi connectivity index (χ4v) is 2.52. The van der Waals surface area contributed by atoms with Gasteiger partial charge in [0.2, 0.25) is 0 Å². The van der Waals surface area contributed by atoms with Crippen LogP contribution in [-0.4, -0.2) is 6.29 Å². The van der Waals surface area contributed by atoms with Crippen molar-refractivity contribution in [2.75, 3.05) is 0 Å². The van der Waals surface area contributed by atoms with Crippen LogP contribution in [-0.2, 0) is 4.79 Å². The average molecular weight is 194 g/mol. The summed E-state index contributed by atoms with van der Waals surface area (Å²) in [5.41, 5.74) is 2.11. The summed E-state index contributed by atoms with van der Waals surface area (Å²) in [7, 11) is 0. The Morgan fingerprint density at radius 3 is 2.64 bits per heavy atom. The quantitative estimate of drug-likeness (QED) is 0.378. The van der Waals surface area contributed by atoms with Gasteiger partial charge in [0.15, 0.2) is 0 Å². The Balaban J connectivity index is 2.40. The average Bonchev–Trinajstić information content (AvgIpc) is 2.34. The summed E-state index contributed by atoms with van der Waals surface area (Å²) in [6, 6.07) is 0. The molecule has 0 aromatic carbocycles. The number of aldehydes is 1. The molecule has 1 heteroatoms. The Kier molecular flexibility index (Phi) is 3.91. The van der Waals surface area contributed by atoms with Crippen molar-refractivity contribution in [2.24, 2.45) is 11.3 Å². The second-order valence-electron chi connectivity index (χ2n) is 5.32. The fraction of sp³-hybridized carbons (Fsp3) is 0.769. The van der Waals surface area contributed by atoms with Gasteiger partial charge in [0.25, 0.3) is 0 Å². The summed E-state index contributed by atoms with van der Waals surface area (Å²) in [5.74, 6) is 0.751. The molecule has 0 spiro atoms. The predicted molar refractivity (Wildman–Crippen MR) is 60.2 cm³/mol. The zero-order chi connectivity index (χ0) is 10.6. The summed E-state index contributed by atoms with van der Waals surface area (Å²) in [5, 5.41) is 0. The van der Waals surface area contributed by atoms with Gasteiger partial charge in [-0.05, 0) is 37.0 Å². The van der Waals surface area contributed by atoms with Crippen molar-refractivity contribution >= 4 is 6.29 Å². The minimum absolute atomic E-state index is 0.496. The van der Waals surface area contributed by atoms with Crippen molar-refractivity contribution in [3.8, 4) is 0 Å². The number of unbranched alkanes of at least 4 members (excludes halogenated alkanes) is 2. The minimum atomic E-state index is 0.496. The molecule has 14 heavy (non-hydrogen) atoms. The standard InChI is InChI=1S/C13H22O/c1-11-9-13(2,3)10-12(11)7-5-4-6-8-14/h7-8,11H,4-6,9-10H2,1-3H3/b12-7+. The summed E-state index contributed by atoms with van der Waals surface area (Å²) in [6.07, 6.45) is 8.74. The highest BCUT2D eigenvalue weighted by Crippen LogP contribution is 2.44. The van der Waals surface area contributed by atoms with Crippen LogP contribution in [0.4, 0.5) is 0 Å². The van der Waals surface area contributed by atoms with E-state index in [0.29, 0.717) is 11.8 Å². The third-order valence-electron chi connectivity index (χ3n) is 3.11. The first-order valence-electron chi connectivity index (χ1n) is 5.68. The van der Waals surface area contributed by atoms with Gasteiger partial charge in [-0.15, -0.1) is 0 Å². The van der Waals surface area contributed by atoms with E-state index < -0.39 is 0 Å². The highest BCUT2D eigenvalue weighted by Gasteiger charge is 2.31. The second-order valence-corrected chi connectivity index (χ2v) is 5.32. The van der Waals surface area contributed by atoms with Crippen molar-refractivity contribution in [2.45, 2.75) is 52.9 Å². The molecular formula is C13H22O. The number of hydrogen-bond donors (Lipinski definition) is 0. The van der Waals surface area contributed by atoms with Crippen LogP contribution in [0, 0.1) is 11.3 Å².